The van der Waals surface area contributed by atoms with Gasteiger partial charge < -0.3 is 5.73 Å². The molecular weight excluding hydrogens is 222 g/mol. The zero-order chi connectivity index (χ0) is 13.5. The van der Waals surface area contributed by atoms with E-state index in [9.17, 15) is 0 Å². The van der Waals surface area contributed by atoms with Crippen molar-refractivity contribution >= 4 is 5.84 Å². The number of nitrogens with zero attached hydrogens (tertiary/aromatic N) is 1. The van der Waals surface area contributed by atoms with E-state index < -0.39 is 0 Å². The molecule has 0 saturated heterocycles. The van der Waals surface area contributed by atoms with Crippen LogP contribution in [-0.4, -0.2) is 23.8 Å². The number of rotatable bonds is 7. The highest BCUT2D eigenvalue weighted by molar-refractivity contribution is 5.77. The lowest BCUT2D eigenvalue weighted by atomic mass is 9.98. The molecule has 0 radical (unpaired) electrons. The van der Waals surface area contributed by atoms with Gasteiger partial charge in [-0.05, 0) is 25.5 Å². The van der Waals surface area contributed by atoms with E-state index in [0.29, 0.717) is 12.5 Å². The molecule has 1 rings (SSSR count). The van der Waals surface area contributed by atoms with Gasteiger partial charge in [-0.2, -0.15) is 0 Å². The van der Waals surface area contributed by atoms with E-state index in [1.165, 1.54) is 5.56 Å². The number of hydrogen-bond acceptors (Lipinski definition) is 2. The predicted octanol–water partition coefficient (Wildman–Crippen LogP) is 3.17. The largest absolute Gasteiger partial charge is 0.388 e. The van der Waals surface area contributed by atoms with Gasteiger partial charge in [0, 0.05) is 18.5 Å². The number of benzene rings is 1. The summed E-state index contributed by atoms with van der Waals surface area (Å²) in [5, 5.41) is 7.57. The molecule has 1 unspecified atom stereocenters. The molecule has 3 nitrogen and oxygen atoms in total. The summed E-state index contributed by atoms with van der Waals surface area (Å²) in [4.78, 5) is 2.36. The lowest BCUT2D eigenvalue weighted by Crippen LogP contribution is -2.36. The minimum Gasteiger partial charge on any atom is -0.388 e. The fourth-order valence-corrected chi connectivity index (χ4v) is 2.50. The van der Waals surface area contributed by atoms with E-state index in [1.54, 1.807) is 0 Å². The Morgan fingerprint density at radius 3 is 2.22 bits per heavy atom. The molecule has 0 aliphatic carbocycles. The molecule has 0 aromatic heterocycles. The van der Waals surface area contributed by atoms with E-state index in [1.807, 2.05) is 18.2 Å². The molecule has 1 aromatic carbocycles. The topological polar surface area (TPSA) is 53.1 Å². The Bertz CT molecular complexity index is 357. The molecule has 3 heteroatoms. The quantitative estimate of drug-likeness (QED) is 0.574. The van der Waals surface area contributed by atoms with Gasteiger partial charge in [0.25, 0.3) is 0 Å². The Labute approximate surface area is 111 Å². The van der Waals surface area contributed by atoms with Gasteiger partial charge in [0.1, 0.15) is 0 Å². The van der Waals surface area contributed by atoms with E-state index in [-0.39, 0.29) is 11.9 Å². The summed E-state index contributed by atoms with van der Waals surface area (Å²) in [6, 6.07) is 11.1. The molecule has 3 N–H and O–H groups in total. The van der Waals surface area contributed by atoms with Crippen molar-refractivity contribution in [3.05, 3.63) is 35.9 Å². The SMILES string of the molecule is CCC(CC)N(C)C(CC(=N)N)c1ccccc1. The van der Waals surface area contributed by atoms with Crippen molar-refractivity contribution in [3.8, 4) is 0 Å². The number of nitrogens with one attached hydrogen (secondary N) is 1. The zero-order valence-electron chi connectivity index (χ0n) is 11.7. The van der Waals surface area contributed by atoms with Crippen LogP contribution in [-0.2, 0) is 0 Å². The summed E-state index contributed by atoms with van der Waals surface area (Å²) in [7, 11) is 2.14. The molecule has 0 bridgehead atoms. The number of nitrogens with two attached hydrogens (primary N) is 1. The monoisotopic (exact) mass is 247 g/mol. The first kappa shape index (κ1) is 14.7. The second-order valence-corrected chi connectivity index (χ2v) is 4.79. The highest BCUT2D eigenvalue weighted by Crippen LogP contribution is 2.26. The summed E-state index contributed by atoms with van der Waals surface area (Å²) in [5.41, 5.74) is 6.85. The minimum absolute atomic E-state index is 0.202. The molecule has 0 fully saturated rings. The normalized spacial score (nSPS) is 12.9. The fourth-order valence-electron chi connectivity index (χ4n) is 2.50. The van der Waals surface area contributed by atoms with Crippen LogP contribution in [0.2, 0.25) is 0 Å². The lowest BCUT2D eigenvalue weighted by Gasteiger charge is -2.34. The Morgan fingerprint density at radius 1 is 1.22 bits per heavy atom. The van der Waals surface area contributed by atoms with Crippen molar-refractivity contribution in [1.29, 1.82) is 5.41 Å². The van der Waals surface area contributed by atoms with Gasteiger partial charge in [0.05, 0.1) is 5.84 Å². The smallest absolute Gasteiger partial charge is 0.0924 e. The summed E-state index contributed by atoms with van der Waals surface area (Å²) < 4.78 is 0. The van der Waals surface area contributed by atoms with Crippen LogP contribution < -0.4 is 5.73 Å². The third-order valence-corrected chi connectivity index (χ3v) is 3.61. The lowest BCUT2D eigenvalue weighted by molar-refractivity contribution is 0.167. The molecule has 0 saturated carbocycles. The molecule has 1 atom stereocenters. The van der Waals surface area contributed by atoms with Gasteiger partial charge >= 0.3 is 0 Å². The van der Waals surface area contributed by atoms with Crippen LogP contribution in [0, 0.1) is 5.41 Å². The van der Waals surface area contributed by atoms with E-state index >= 15 is 0 Å². The molecule has 100 valence electrons. The Morgan fingerprint density at radius 2 is 1.78 bits per heavy atom. The van der Waals surface area contributed by atoms with Crippen LogP contribution >= 0.6 is 0 Å². The van der Waals surface area contributed by atoms with Crippen LogP contribution in [0.4, 0.5) is 0 Å². The molecule has 0 amide bonds. The van der Waals surface area contributed by atoms with Crippen molar-refractivity contribution in [2.24, 2.45) is 5.73 Å². The van der Waals surface area contributed by atoms with Crippen LogP contribution in [0.25, 0.3) is 0 Å². The van der Waals surface area contributed by atoms with E-state index in [2.05, 4.69) is 37.9 Å². The predicted molar refractivity (Wildman–Crippen MR) is 77.8 cm³/mol. The summed E-state index contributed by atoms with van der Waals surface area (Å²) >= 11 is 0. The van der Waals surface area contributed by atoms with Crippen molar-refractivity contribution in [2.75, 3.05) is 7.05 Å². The van der Waals surface area contributed by atoms with Crippen LogP contribution in [0.3, 0.4) is 0 Å². The number of hydrogen-bond donors (Lipinski definition) is 2. The molecular formula is C15H25N3. The summed E-state index contributed by atoms with van der Waals surface area (Å²) in [5.74, 6) is 0.252. The average Bonchev–Trinajstić information content (AvgIpc) is 2.38. The van der Waals surface area contributed by atoms with Crippen LogP contribution in [0.5, 0.6) is 0 Å². The average molecular weight is 247 g/mol. The Hall–Kier alpha value is -1.35. The summed E-state index contributed by atoms with van der Waals surface area (Å²) in [6.07, 6.45) is 2.83. The highest BCUT2D eigenvalue weighted by atomic mass is 15.2. The maximum atomic E-state index is 7.57. The third-order valence-electron chi connectivity index (χ3n) is 3.61. The third kappa shape index (κ3) is 3.84. The molecule has 18 heavy (non-hydrogen) atoms. The van der Waals surface area contributed by atoms with Gasteiger partial charge in [0.2, 0.25) is 0 Å². The maximum absolute atomic E-state index is 7.57. The first-order valence-electron chi connectivity index (χ1n) is 6.69. The second kappa shape index (κ2) is 7.17. The molecule has 0 heterocycles. The maximum Gasteiger partial charge on any atom is 0.0924 e. The first-order valence-corrected chi connectivity index (χ1v) is 6.69. The van der Waals surface area contributed by atoms with Gasteiger partial charge in [-0.1, -0.05) is 44.2 Å². The van der Waals surface area contributed by atoms with Gasteiger partial charge in [-0.3, -0.25) is 10.3 Å². The van der Waals surface area contributed by atoms with Crippen LogP contribution in [0.15, 0.2) is 30.3 Å². The van der Waals surface area contributed by atoms with Gasteiger partial charge in [-0.15, -0.1) is 0 Å². The van der Waals surface area contributed by atoms with E-state index in [0.717, 1.165) is 12.8 Å². The molecule has 1 aromatic rings. The molecule has 0 spiro atoms. The Kier molecular flexibility index (Phi) is 5.86. The van der Waals surface area contributed by atoms with E-state index in [4.69, 9.17) is 11.1 Å². The van der Waals surface area contributed by atoms with Crippen molar-refractivity contribution in [1.82, 2.24) is 4.90 Å². The molecule has 0 aliphatic heterocycles. The summed E-state index contributed by atoms with van der Waals surface area (Å²) in [6.45, 7) is 4.42. The second-order valence-electron chi connectivity index (χ2n) is 4.79. The van der Waals surface area contributed by atoms with Gasteiger partial charge in [0.15, 0.2) is 0 Å². The van der Waals surface area contributed by atoms with Crippen molar-refractivity contribution < 1.29 is 0 Å². The standard InChI is InChI=1S/C15H25N3/c1-4-13(5-2)18(3)14(11-15(16)17)12-9-7-6-8-10-12/h6-10,13-14H,4-5,11H2,1-3H3,(H3,16,17). The minimum atomic E-state index is 0.202. The number of amidine groups is 1. The van der Waals surface area contributed by atoms with Crippen molar-refractivity contribution in [2.45, 2.75) is 45.2 Å². The van der Waals surface area contributed by atoms with Crippen molar-refractivity contribution in [3.63, 3.8) is 0 Å². The Balaban J connectivity index is 2.94. The van der Waals surface area contributed by atoms with Crippen LogP contribution in [0.1, 0.15) is 44.7 Å². The highest BCUT2D eigenvalue weighted by Gasteiger charge is 2.22. The molecule has 0 aliphatic rings. The zero-order valence-corrected chi connectivity index (χ0v) is 11.7. The first-order chi connectivity index (χ1) is 8.60. The van der Waals surface area contributed by atoms with Gasteiger partial charge in [-0.25, -0.2) is 0 Å². The fraction of sp³-hybridized carbons (Fsp3) is 0.533.